The van der Waals surface area contributed by atoms with Gasteiger partial charge in [-0.25, -0.2) is 0 Å². The summed E-state index contributed by atoms with van der Waals surface area (Å²) in [4.78, 5) is 9.99. The van der Waals surface area contributed by atoms with Gasteiger partial charge in [0.25, 0.3) is 0 Å². The molecule has 0 aliphatic carbocycles. The summed E-state index contributed by atoms with van der Waals surface area (Å²) in [7, 11) is -13.6. The minimum Gasteiger partial charge on any atom is -0.343 e. The van der Waals surface area contributed by atoms with Crippen LogP contribution in [0.15, 0.2) is 0 Å². The van der Waals surface area contributed by atoms with Crippen molar-refractivity contribution in [3.05, 3.63) is 0 Å². The molecule has 0 heterocycles. The molecule has 158 valence electrons. The van der Waals surface area contributed by atoms with Crippen LogP contribution in [0.3, 0.4) is 0 Å². The van der Waals surface area contributed by atoms with Gasteiger partial charge in [0.15, 0.2) is 0 Å². The maximum atomic E-state index is 13.3. The Balaban J connectivity index is 5.68. The second kappa shape index (κ2) is 12.2. The summed E-state index contributed by atoms with van der Waals surface area (Å²) >= 11 is 3.85. The summed E-state index contributed by atoms with van der Waals surface area (Å²) in [6, 6.07) is 0. The summed E-state index contributed by atoms with van der Waals surface area (Å²) in [5.74, 6) is -1.53. The van der Waals surface area contributed by atoms with Crippen molar-refractivity contribution in [1.29, 1.82) is 0 Å². The standard InChI is InChI=1S/C12H30O8P4S2/c1-5-18-22(15,8-4)10-24(17,20-7-3)11-23(16,19-6-2)9-21(13,14)12-26-25/h25H,5-12H2,1-4H3,(H,13,14). The topological polar surface area (TPSA) is 116 Å². The first kappa shape index (κ1) is 27.5. The summed E-state index contributed by atoms with van der Waals surface area (Å²) in [6.45, 7) is 6.80. The quantitative estimate of drug-likeness (QED) is 0.171. The van der Waals surface area contributed by atoms with E-state index in [0.29, 0.717) is 0 Å². The molecule has 26 heavy (non-hydrogen) atoms. The maximum Gasteiger partial charge on any atom is 0.222 e. The fraction of sp³-hybridized carbons (Fsp3) is 1.00. The lowest BCUT2D eigenvalue weighted by molar-refractivity contribution is 0.320. The zero-order chi connectivity index (χ0) is 20.5. The smallest absolute Gasteiger partial charge is 0.222 e. The predicted octanol–water partition coefficient (Wildman–Crippen LogP) is 5.63. The van der Waals surface area contributed by atoms with Crippen molar-refractivity contribution < 1.29 is 36.7 Å². The van der Waals surface area contributed by atoms with Gasteiger partial charge in [0.1, 0.15) is 17.7 Å². The second-order valence-electron chi connectivity index (χ2n) is 5.54. The highest BCUT2D eigenvalue weighted by Gasteiger charge is 2.44. The third-order valence-electron chi connectivity index (χ3n) is 3.13. The Morgan fingerprint density at radius 1 is 0.769 bits per heavy atom. The minimum absolute atomic E-state index is 0.0221. The number of hydrogen-bond acceptors (Lipinski definition) is 9. The monoisotopic (exact) mass is 490 g/mol. The molecule has 0 amide bonds. The van der Waals surface area contributed by atoms with E-state index in [1.807, 2.05) is 0 Å². The Bertz CT molecular complexity index is 614. The molecule has 0 saturated carbocycles. The lowest BCUT2D eigenvalue weighted by atomic mass is 10.9. The maximum absolute atomic E-state index is 13.3. The van der Waals surface area contributed by atoms with Gasteiger partial charge < -0.3 is 18.5 Å². The van der Waals surface area contributed by atoms with Crippen molar-refractivity contribution in [3.8, 4) is 0 Å². The van der Waals surface area contributed by atoms with E-state index < -0.39 is 41.3 Å². The van der Waals surface area contributed by atoms with Gasteiger partial charge in [-0.05, 0) is 20.8 Å². The van der Waals surface area contributed by atoms with Crippen LogP contribution >= 0.6 is 51.9 Å². The van der Waals surface area contributed by atoms with E-state index in [1.165, 1.54) is 0 Å². The molecule has 0 aliphatic heterocycles. The van der Waals surface area contributed by atoms with Gasteiger partial charge in [0.2, 0.25) is 29.5 Å². The van der Waals surface area contributed by atoms with E-state index in [2.05, 4.69) is 11.7 Å². The Hall–Kier alpha value is 1.46. The Morgan fingerprint density at radius 3 is 1.54 bits per heavy atom. The lowest BCUT2D eigenvalue weighted by Crippen LogP contribution is -2.09. The second-order valence-corrected chi connectivity index (χ2v) is 19.0. The molecule has 0 aliphatic rings. The van der Waals surface area contributed by atoms with Crippen molar-refractivity contribution in [2.24, 2.45) is 0 Å². The van der Waals surface area contributed by atoms with E-state index in [1.54, 1.807) is 27.7 Å². The van der Waals surface area contributed by atoms with Crippen LogP contribution in [0, 0.1) is 0 Å². The molecule has 8 nitrogen and oxygen atoms in total. The number of thiol groups is 1. The van der Waals surface area contributed by atoms with Gasteiger partial charge in [-0.2, -0.15) is 0 Å². The summed E-state index contributed by atoms with van der Waals surface area (Å²) in [5.41, 5.74) is -0.210. The van der Waals surface area contributed by atoms with Crippen LogP contribution in [0.25, 0.3) is 0 Å². The van der Waals surface area contributed by atoms with Crippen LogP contribution in [0.1, 0.15) is 27.7 Å². The van der Waals surface area contributed by atoms with Gasteiger partial charge in [-0.15, -0.1) is 11.7 Å². The molecular formula is C12H30O8P4S2. The molecule has 0 fully saturated rings. The fourth-order valence-corrected chi connectivity index (χ4v) is 20.0. The molecule has 0 aromatic carbocycles. The number of hydrogen-bond donors (Lipinski definition) is 2. The van der Waals surface area contributed by atoms with Crippen molar-refractivity contribution in [3.63, 3.8) is 0 Å². The fourth-order valence-electron chi connectivity index (χ4n) is 2.31. The normalized spacial score (nSPS) is 21.3. The zero-order valence-corrected chi connectivity index (χ0v) is 20.9. The molecule has 0 radical (unpaired) electrons. The molecular weight excluding hydrogens is 460 g/mol. The molecule has 4 atom stereocenters. The van der Waals surface area contributed by atoms with E-state index in [0.717, 1.165) is 10.8 Å². The van der Waals surface area contributed by atoms with E-state index in [9.17, 15) is 23.2 Å². The van der Waals surface area contributed by atoms with Crippen molar-refractivity contribution >= 4 is 51.9 Å². The van der Waals surface area contributed by atoms with Gasteiger partial charge in [-0.3, -0.25) is 18.3 Å². The van der Waals surface area contributed by atoms with Crippen LogP contribution in [0.2, 0.25) is 0 Å². The van der Waals surface area contributed by atoms with Gasteiger partial charge in [0, 0.05) is 6.16 Å². The molecule has 4 unspecified atom stereocenters. The molecule has 14 heteroatoms. The van der Waals surface area contributed by atoms with E-state index in [-0.39, 0.29) is 37.4 Å². The van der Waals surface area contributed by atoms with Crippen molar-refractivity contribution in [1.82, 2.24) is 0 Å². The highest BCUT2D eigenvalue weighted by molar-refractivity contribution is 8.69. The predicted molar refractivity (Wildman–Crippen MR) is 114 cm³/mol. The number of rotatable bonds is 15. The molecule has 0 aromatic heterocycles. The molecule has 0 aromatic rings. The Kier molecular flexibility index (Phi) is 12.9. The van der Waals surface area contributed by atoms with Crippen LogP contribution in [-0.2, 0) is 31.8 Å². The summed E-state index contributed by atoms with van der Waals surface area (Å²) in [6.07, 6.45) is 0.158. The Morgan fingerprint density at radius 2 is 1.15 bits per heavy atom. The first-order valence-electron chi connectivity index (χ1n) is 8.17. The summed E-state index contributed by atoms with van der Waals surface area (Å²) in [5, 5.41) is 0. The van der Waals surface area contributed by atoms with Crippen LogP contribution in [0.5, 0.6) is 0 Å². The van der Waals surface area contributed by atoms with Crippen LogP contribution in [0.4, 0.5) is 0 Å². The zero-order valence-electron chi connectivity index (χ0n) is 15.6. The van der Waals surface area contributed by atoms with E-state index in [4.69, 9.17) is 13.6 Å². The highest BCUT2D eigenvalue weighted by Crippen LogP contribution is 2.72. The first-order valence-corrected chi connectivity index (χ1v) is 18.2. The van der Waals surface area contributed by atoms with E-state index >= 15 is 0 Å². The van der Waals surface area contributed by atoms with Crippen LogP contribution < -0.4 is 0 Å². The molecule has 1 N–H and O–H groups in total. The molecule has 0 spiro atoms. The van der Waals surface area contributed by atoms with Crippen molar-refractivity contribution in [2.75, 3.05) is 49.2 Å². The molecule has 0 bridgehead atoms. The largest absolute Gasteiger partial charge is 0.343 e. The summed E-state index contributed by atoms with van der Waals surface area (Å²) < 4.78 is 67.3. The van der Waals surface area contributed by atoms with Gasteiger partial charge >= 0.3 is 0 Å². The van der Waals surface area contributed by atoms with Gasteiger partial charge in [0.05, 0.1) is 25.3 Å². The third kappa shape index (κ3) is 10.3. The third-order valence-corrected chi connectivity index (χ3v) is 19.8. The minimum atomic E-state index is -3.80. The lowest BCUT2D eigenvalue weighted by Gasteiger charge is -2.27. The highest BCUT2D eigenvalue weighted by atomic mass is 33.1. The van der Waals surface area contributed by atoms with Gasteiger partial charge in [-0.1, -0.05) is 17.7 Å². The Labute approximate surface area is 165 Å². The first-order chi connectivity index (χ1) is 11.9. The van der Waals surface area contributed by atoms with Crippen molar-refractivity contribution in [2.45, 2.75) is 27.7 Å². The SMILES string of the molecule is CCOP(=O)(CC)CP(=O)(CP(=O)(CP(=O)(O)CSS)OCC)OCC. The average molecular weight is 490 g/mol. The van der Waals surface area contributed by atoms with Crippen LogP contribution in [-0.4, -0.2) is 54.1 Å². The molecule has 0 rings (SSSR count). The molecule has 0 saturated heterocycles. The average Bonchev–Trinajstić information content (AvgIpc) is 2.45.